The zero-order valence-corrected chi connectivity index (χ0v) is 16.7. The summed E-state index contributed by atoms with van der Waals surface area (Å²) in [5, 5.41) is 9.70. The topological polar surface area (TPSA) is 108 Å². The molecular formula is C21H25N3O5. The number of aryl methyl sites for hydroxylation is 1. The molecule has 8 heteroatoms. The molecule has 0 aliphatic heterocycles. The van der Waals surface area contributed by atoms with Gasteiger partial charge in [-0.15, -0.1) is 0 Å². The van der Waals surface area contributed by atoms with Gasteiger partial charge in [0.05, 0.1) is 0 Å². The number of hydrazine groups is 1. The number of hydrogen-bond donors (Lipinski definition) is 3. The van der Waals surface area contributed by atoms with Gasteiger partial charge in [0, 0.05) is 24.3 Å². The monoisotopic (exact) mass is 399 g/mol. The first kappa shape index (κ1) is 21.7. The molecule has 0 saturated carbocycles. The van der Waals surface area contributed by atoms with E-state index in [0.29, 0.717) is 5.56 Å². The fraction of sp³-hybridized carbons (Fsp3) is 0.286. The Kier molecular flexibility index (Phi) is 7.59. The Hall–Kier alpha value is -3.55. The van der Waals surface area contributed by atoms with E-state index in [1.165, 1.54) is 12.1 Å². The van der Waals surface area contributed by atoms with Crippen molar-refractivity contribution in [1.82, 2.24) is 10.9 Å². The summed E-state index contributed by atoms with van der Waals surface area (Å²) in [5.41, 5.74) is 6.56. The van der Waals surface area contributed by atoms with Crippen LogP contribution in [0.4, 0.5) is 5.69 Å². The zero-order chi connectivity index (χ0) is 21.4. The minimum atomic E-state index is -0.834. The maximum Gasteiger partial charge on any atom is 0.342 e. The molecule has 8 nitrogen and oxygen atoms in total. The summed E-state index contributed by atoms with van der Waals surface area (Å²) in [4.78, 5) is 38.1. The minimum absolute atomic E-state index is 0.0323. The number of aromatic hydroxyl groups is 1. The van der Waals surface area contributed by atoms with Crippen molar-refractivity contribution in [2.45, 2.75) is 20.8 Å². The summed E-state index contributed by atoms with van der Waals surface area (Å²) in [5.74, 6) is -2.27. The molecular weight excluding hydrogens is 374 g/mol. The Bertz CT molecular complexity index is 876. The standard InChI is InChI=1S/C21H25N3O5/c1-4-24(5-2)16-9-7-15(8-10-16)20(27)23-22-19(26)13-29-21(28)17-12-14(3)6-11-18(17)25/h6-12,25H,4-5,13H2,1-3H3,(H,22,26)(H,23,27). The van der Waals surface area contributed by atoms with Gasteiger partial charge >= 0.3 is 5.97 Å². The molecule has 0 aromatic heterocycles. The summed E-state index contributed by atoms with van der Waals surface area (Å²) in [6.07, 6.45) is 0. The number of benzene rings is 2. The van der Waals surface area contributed by atoms with Crippen molar-refractivity contribution in [2.75, 3.05) is 24.6 Å². The Morgan fingerprint density at radius 2 is 1.66 bits per heavy atom. The SMILES string of the molecule is CCN(CC)c1ccc(C(=O)NNC(=O)COC(=O)c2cc(C)ccc2O)cc1. The molecule has 0 fully saturated rings. The molecule has 2 amide bonds. The summed E-state index contributed by atoms with van der Waals surface area (Å²) in [6.45, 7) is 6.97. The maximum absolute atomic E-state index is 12.1. The average molecular weight is 399 g/mol. The van der Waals surface area contributed by atoms with Crippen molar-refractivity contribution in [3.05, 3.63) is 59.2 Å². The van der Waals surface area contributed by atoms with Crippen LogP contribution in [0.25, 0.3) is 0 Å². The van der Waals surface area contributed by atoms with Crippen LogP contribution in [0.5, 0.6) is 5.75 Å². The second-order valence-corrected chi connectivity index (χ2v) is 6.32. The first-order valence-corrected chi connectivity index (χ1v) is 9.26. The van der Waals surface area contributed by atoms with Crippen molar-refractivity contribution in [2.24, 2.45) is 0 Å². The first-order valence-electron chi connectivity index (χ1n) is 9.26. The molecule has 0 atom stereocenters. The number of nitrogens with zero attached hydrogens (tertiary/aromatic N) is 1. The van der Waals surface area contributed by atoms with Gasteiger partial charge in [-0.05, 0) is 57.2 Å². The maximum atomic E-state index is 12.1. The molecule has 2 aromatic carbocycles. The van der Waals surface area contributed by atoms with Gasteiger partial charge in [0.2, 0.25) is 0 Å². The number of esters is 1. The van der Waals surface area contributed by atoms with E-state index in [1.54, 1.807) is 25.1 Å². The van der Waals surface area contributed by atoms with Crippen LogP contribution in [-0.2, 0) is 9.53 Å². The highest BCUT2D eigenvalue weighted by Gasteiger charge is 2.15. The van der Waals surface area contributed by atoms with Crippen molar-refractivity contribution in [1.29, 1.82) is 0 Å². The Morgan fingerprint density at radius 1 is 1.00 bits per heavy atom. The number of carbonyl (C=O) groups excluding carboxylic acids is 3. The highest BCUT2D eigenvalue weighted by molar-refractivity contribution is 5.96. The largest absolute Gasteiger partial charge is 0.507 e. The van der Waals surface area contributed by atoms with Gasteiger partial charge in [-0.2, -0.15) is 0 Å². The highest BCUT2D eigenvalue weighted by atomic mass is 16.5. The van der Waals surface area contributed by atoms with E-state index < -0.39 is 24.4 Å². The predicted molar refractivity (Wildman–Crippen MR) is 109 cm³/mol. The number of amides is 2. The molecule has 0 aliphatic rings. The molecule has 2 aromatic rings. The van der Waals surface area contributed by atoms with E-state index >= 15 is 0 Å². The Balaban J connectivity index is 1.83. The summed E-state index contributed by atoms with van der Waals surface area (Å²) < 4.78 is 4.86. The average Bonchev–Trinajstić information content (AvgIpc) is 2.73. The summed E-state index contributed by atoms with van der Waals surface area (Å²) >= 11 is 0. The van der Waals surface area contributed by atoms with Gasteiger partial charge in [-0.25, -0.2) is 4.79 Å². The quantitative estimate of drug-likeness (QED) is 0.486. The first-order chi connectivity index (χ1) is 13.8. The second-order valence-electron chi connectivity index (χ2n) is 6.32. The van der Waals surface area contributed by atoms with E-state index in [9.17, 15) is 19.5 Å². The molecule has 2 rings (SSSR count). The van der Waals surface area contributed by atoms with E-state index in [1.807, 2.05) is 26.0 Å². The fourth-order valence-corrected chi connectivity index (χ4v) is 2.67. The van der Waals surface area contributed by atoms with Gasteiger partial charge in [-0.1, -0.05) is 11.6 Å². The van der Waals surface area contributed by atoms with Crippen LogP contribution in [0.3, 0.4) is 0 Å². The fourth-order valence-electron chi connectivity index (χ4n) is 2.67. The number of ether oxygens (including phenoxy) is 1. The molecule has 0 saturated heterocycles. The molecule has 0 bridgehead atoms. The molecule has 0 spiro atoms. The Labute approximate surface area is 169 Å². The minimum Gasteiger partial charge on any atom is -0.507 e. The number of nitrogens with one attached hydrogen (secondary N) is 2. The molecule has 29 heavy (non-hydrogen) atoms. The van der Waals surface area contributed by atoms with E-state index in [4.69, 9.17) is 4.74 Å². The second kappa shape index (κ2) is 10.1. The lowest BCUT2D eigenvalue weighted by Crippen LogP contribution is -2.43. The van der Waals surface area contributed by atoms with Crippen LogP contribution in [0.2, 0.25) is 0 Å². The highest BCUT2D eigenvalue weighted by Crippen LogP contribution is 2.19. The van der Waals surface area contributed by atoms with E-state index in [-0.39, 0.29) is 11.3 Å². The number of carbonyl (C=O) groups is 3. The molecule has 0 unspecified atom stereocenters. The predicted octanol–water partition coefficient (Wildman–Crippen LogP) is 2.16. The number of anilines is 1. The van der Waals surface area contributed by atoms with Gasteiger partial charge in [0.25, 0.3) is 11.8 Å². The lowest BCUT2D eigenvalue weighted by atomic mass is 10.1. The summed E-state index contributed by atoms with van der Waals surface area (Å²) in [6, 6.07) is 11.5. The van der Waals surface area contributed by atoms with E-state index in [0.717, 1.165) is 24.3 Å². The summed E-state index contributed by atoms with van der Waals surface area (Å²) in [7, 11) is 0. The number of phenols is 1. The molecule has 0 heterocycles. The van der Waals surface area contributed by atoms with Crippen LogP contribution in [0.1, 0.15) is 40.1 Å². The zero-order valence-electron chi connectivity index (χ0n) is 16.7. The molecule has 154 valence electrons. The number of rotatable bonds is 7. The van der Waals surface area contributed by atoms with Gasteiger partial charge in [-0.3, -0.25) is 20.4 Å². The third kappa shape index (κ3) is 5.97. The molecule has 0 radical (unpaired) electrons. The van der Waals surface area contributed by atoms with Crippen molar-refractivity contribution < 1.29 is 24.2 Å². The number of hydrogen-bond acceptors (Lipinski definition) is 6. The van der Waals surface area contributed by atoms with Crippen molar-refractivity contribution in [3.63, 3.8) is 0 Å². The van der Waals surface area contributed by atoms with Gasteiger partial charge in [0.1, 0.15) is 11.3 Å². The van der Waals surface area contributed by atoms with E-state index in [2.05, 4.69) is 15.8 Å². The van der Waals surface area contributed by atoms with Crippen LogP contribution in [0.15, 0.2) is 42.5 Å². The van der Waals surface area contributed by atoms with Gasteiger partial charge < -0.3 is 14.7 Å². The van der Waals surface area contributed by atoms with Crippen LogP contribution < -0.4 is 15.8 Å². The molecule has 0 aliphatic carbocycles. The molecule has 3 N–H and O–H groups in total. The number of phenolic OH excluding ortho intramolecular Hbond substituents is 1. The lowest BCUT2D eigenvalue weighted by Gasteiger charge is -2.21. The van der Waals surface area contributed by atoms with Crippen molar-refractivity contribution in [3.8, 4) is 5.75 Å². The lowest BCUT2D eigenvalue weighted by molar-refractivity contribution is -0.125. The van der Waals surface area contributed by atoms with Crippen LogP contribution in [0, 0.1) is 6.92 Å². The van der Waals surface area contributed by atoms with Crippen LogP contribution in [-0.4, -0.2) is 42.6 Å². The third-order valence-corrected chi connectivity index (χ3v) is 4.28. The van der Waals surface area contributed by atoms with Crippen molar-refractivity contribution >= 4 is 23.5 Å². The normalized spacial score (nSPS) is 10.2. The smallest absolute Gasteiger partial charge is 0.342 e. The van der Waals surface area contributed by atoms with Crippen LogP contribution >= 0.6 is 0 Å². The third-order valence-electron chi connectivity index (χ3n) is 4.28. The van der Waals surface area contributed by atoms with Gasteiger partial charge in [0.15, 0.2) is 6.61 Å². The Morgan fingerprint density at radius 3 is 2.28 bits per heavy atom.